The monoisotopic (exact) mass is 257 g/mol. The van der Waals surface area contributed by atoms with Crippen LogP contribution in [0.3, 0.4) is 0 Å². The second-order valence-electron chi connectivity index (χ2n) is 4.17. The standard InChI is InChI=1S/C13H11N3O3/c14-7-2-1-6(3-10(7)17)13-16-9-4-8(15)11(18)5-12(9)19-13/h1-5,17-18H,14-15H2. The molecule has 0 atom stereocenters. The third-order valence-corrected chi connectivity index (χ3v) is 2.81. The number of fused-ring (bicyclic) bond motifs is 1. The summed E-state index contributed by atoms with van der Waals surface area (Å²) in [6.07, 6.45) is 0. The highest BCUT2D eigenvalue weighted by Crippen LogP contribution is 2.32. The lowest BCUT2D eigenvalue weighted by Gasteiger charge is -1.99. The third-order valence-electron chi connectivity index (χ3n) is 2.81. The van der Waals surface area contributed by atoms with Gasteiger partial charge in [0.05, 0.1) is 11.4 Å². The molecule has 0 fully saturated rings. The van der Waals surface area contributed by atoms with Gasteiger partial charge in [0.25, 0.3) is 0 Å². The van der Waals surface area contributed by atoms with Crippen LogP contribution >= 0.6 is 0 Å². The largest absolute Gasteiger partial charge is 0.506 e. The number of nitrogens with two attached hydrogens (primary N) is 2. The van der Waals surface area contributed by atoms with Gasteiger partial charge in [-0.15, -0.1) is 0 Å². The molecule has 3 aromatic rings. The van der Waals surface area contributed by atoms with E-state index >= 15 is 0 Å². The summed E-state index contributed by atoms with van der Waals surface area (Å²) in [6.45, 7) is 0. The number of hydrogen-bond acceptors (Lipinski definition) is 6. The first kappa shape index (κ1) is 11.2. The van der Waals surface area contributed by atoms with Crippen molar-refractivity contribution in [2.45, 2.75) is 0 Å². The van der Waals surface area contributed by atoms with Crippen LogP contribution in [0.5, 0.6) is 11.5 Å². The minimum absolute atomic E-state index is 0.0397. The first-order chi connectivity index (χ1) is 9.04. The van der Waals surface area contributed by atoms with Crippen molar-refractivity contribution in [1.82, 2.24) is 4.98 Å². The highest BCUT2D eigenvalue weighted by Gasteiger charge is 2.11. The molecule has 6 N–H and O–H groups in total. The molecule has 0 amide bonds. The van der Waals surface area contributed by atoms with Crippen LogP contribution in [0.15, 0.2) is 34.7 Å². The Hall–Kier alpha value is -2.89. The predicted molar refractivity (Wildman–Crippen MR) is 71.6 cm³/mol. The second kappa shape index (κ2) is 3.81. The van der Waals surface area contributed by atoms with Crippen LogP contribution in [0.25, 0.3) is 22.6 Å². The third kappa shape index (κ3) is 1.79. The van der Waals surface area contributed by atoms with Crippen molar-refractivity contribution in [3.63, 3.8) is 0 Å². The minimum Gasteiger partial charge on any atom is -0.506 e. The van der Waals surface area contributed by atoms with E-state index in [9.17, 15) is 10.2 Å². The second-order valence-corrected chi connectivity index (χ2v) is 4.17. The zero-order valence-corrected chi connectivity index (χ0v) is 9.79. The number of phenolic OH excluding ortho intramolecular Hbond substituents is 2. The van der Waals surface area contributed by atoms with E-state index in [1.165, 1.54) is 18.2 Å². The zero-order chi connectivity index (χ0) is 13.6. The number of anilines is 2. The molecule has 2 aromatic carbocycles. The van der Waals surface area contributed by atoms with E-state index in [-0.39, 0.29) is 22.9 Å². The number of phenols is 2. The Balaban J connectivity index is 2.17. The fourth-order valence-electron chi connectivity index (χ4n) is 1.78. The molecule has 6 heteroatoms. The maximum absolute atomic E-state index is 9.57. The number of nitrogens with zero attached hydrogens (tertiary/aromatic N) is 1. The van der Waals surface area contributed by atoms with Gasteiger partial charge in [-0.25, -0.2) is 4.98 Å². The number of rotatable bonds is 1. The van der Waals surface area contributed by atoms with Crippen molar-refractivity contribution in [3.8, 4) is 23.0 Å². The molecule has 0 radical (unpaired) electrons. The van der Waals surface area contributed by atoms with Crippen molar-refractivity contribution in [3.05, 3.63) is 30.3 Å². The Morgan fingerprint density at radius 2 is 1.68 bits per heavy atom. The summed E-state index contributed by atoms with van der Waals surface area (Å²) < 4.78 is 5.51. The molecule has 0 unspecified atom stereocenters. The zero-order valence-electron chi connectivity index (χ0n) is 9.79. The van der Waals surface area contributed by atoms with E-state index in [2.05, 4.69) is 4.98 Å². The normalized spacial score (nSPS) is 10.9. The SMILES string of the molecule is Nc1ccc(-c2nc3cc(N)c(O)cc3o2)cc1O. The first-order valence-corrected chi connectivity index (χ1v) is 5.52. The molecule has 1 aromatic heterocycles. The van der Waals surface area contributed by atoms with Gasteiger partial charge in [-0.1, -0.05) is 0 Å². The van der Waals surface area contributed by atoms with Gasteiger partial charge < -0.3 is 26.1 Å². The van der Waals surface area contributed by atoms with Crippen molar-refractivity contribution >= 4 is 22.5 Å². The molecule has 0 aliphatic rings. The van der Waals surface area contributed by atoms with Crippen LogP contribution in [0.2, 0.25) is 0 Å². The summed E-state index contributed by atoms with van der Waals surface area (Å²) in [4.78, 5) is 4.25. The van der Waals surface area contributed by atoms with Crippen molar-refractivity contribution in [1.29, 1.82) is 0 Å². The quantitative estimate of drug-likeness (QED) is 0.391. The van der Waals surface area contributed by atoms with Crippen LogP contribution in [0.4, 0.5) is 11.4 Å². The molecule has 3 rings (SSSR count). The number of aromatic hydroxyl groups is 2. The fraction of sp³-hybridized carbons (Fsp3) is 0. The number of aromatic nitrogens is 1. The van der Waals surface area contributed by atoms with Crippen molar-refractivity contribution in [2.75, 3.05) is 11.5 Å². The van der Waals surface area contributed by atoms with E-state index in [0.717, 1.165) is 0 Å². The average Bonchev–Trinajstić information content (AvgIpc) is 2.76. The summed E-state index contributed by atoms with van der Waals surface area (Å²) in [5, 5.41) is 19.1. The average molecular weight is 257 g/mol. The van der Waals surface area contributed by atoms with Crippen LogP contribution in [-0.2, 0) is 0 Å². The summed E-state index contributed by atoms with van der Waals surface area (Å²) in [7, 11) is 0. The Kier molecular flexibility index (Phi) is 2.25. The van der Waals surface area contributed by atoms with Gasteiger partial charge in [0, 0.05) is 11.6 Å². The number of hydrogen-bond donors (Lipinski definition) is 4. The molecule has 0 aliphatic heterocycles. The van der Waals surface area contributed by atoms with Crippen molar-refractivity contribution < 1.29 is 14.6 Å². The minimum atomic E-state index is -0.0599. The fourth-order valence-corrected chi connectivity index (χ4v) is 1.78. The molecule has 0 aliphatic carbocycles. The van der Waals surface area contributed by atoms with E-state index < -0.39 is 0 Å². The molecular formula is C13H11N3O3. The van der Waals surface area contributed by atoms with E-state index in [1.807, 2.05) is 0 Å². The summed E-state index contributed by atoms with van der Waals surface area (Å²) in [5.41, 5.74) is 13.2. The molecule has 0 bridgehead atoms. The van der Waals surface area contributed by atoms with Crippen LogP contribution < -0.4 is 11.5 Å². The molecule has 0 saturated heterocycles. The van der Waals surface area contributed by atoms with Gasteiger partial charge in [0.2, 0.25) is 5.89 Å². The van der Waals surface area contributed by atoms with Gasteiger partial charge in [0.1, 0.15) is 17.0 Å². The highest BCUT2D eigenvalue weighted by atomic mass is 16.3. The Bertz CT molecular complexity index is 741. The summed E-state index contributed by atoms with van der Waals surface area (Å²) in [5.74, 6) is 0.216. The Morgan fingerprint density at radius 1 is 0.947 bits per heavy atom. The first-order valence-electron chi connectivity index (χ1n) is 5.52. The molecule has 19 heavy (non-hydrogen) atoms. The van der Waals surface area contributed by atoms with Gasteiger partial charge in [-0.3, -0.25) is 0 Å². The van der Waals surface area contributed by atoms with Crippen LogP contribution in [0, 0.1) is 0 Å². The van der Waals surface area contributed by atoms with Crippen LogP contribution in [0.1, 0.15) is 0 Å². The molecule has 0 spiro atoms. The van der Waals surface area contributed by atoms with Gasteiger partial charge in [0.15, 0.2) is 5.58 Å². The molecule has 96 valence electrons. The molecule has 0 saturated carbocycles. The lowest BCUT2D eigenvalue weighted by Crippen LogP contribution is -1.86. The Morgan fingerprint density at radius 3 is 2.42 bits per heavy atom. The molecule has 1 heterocycles. The summed E-state index contributed by atoms with van der Waals surface area (Å²) in [6, 6.07) is 7.63. The smallest absolute Gasteiger partial charge is 0.227 e. The number of benzene rings is 2. The maximum atomic E-state index is 9.57. The molecule has 6 nitrogen and oxygen atoms in total. The number of nitrogen functional groups attached to an aromatic ring is 2. The topological polar surface area (TPSA) is 119 Å². The van der Waals surface area contributed by atoms with Crippen molar-refractivity contribution in [2.24, 2.45) is 0 Å². The maximum Gasteiger partial charge on any atom is 0.227 e. The summed E-state index contributed by atoms with van der Waals surface area (Å²) >= 11 is 0. The Labute approximate surface area is 107 Å². The van der Waals surface area contributed by atoms with E-state index in [4.69, 9.17) is 15.9 Å². The lowest BCUT2D eigenvalue weighted by atomic mass is 10.2. The van der Waals surface area contributed by atoms with E-state index in [1.54, 1.807) is 12.1 Å². The van der Waals surface area contributed by atoms with Gasteiger partial charge in [-0.05, 0) is 24.3 Å². The van der Waals surface area contributed by atoms with Gasteiger partial charge in [-0.2, -0.15) is 0 Å². The lowest BCUT2D eigenvalue weighted by molar-refractivity contribution is 0.476. The van der Waals surface area contributed by atoms with E-state index in [0.29, 0.717) is 22.6 Å². The van der Waals surface area contributed by atoms with Gasteiger partial charge >= 0.3 is 0 Å². The number of oxazole rings is 1. The van der Waals surface area contributed by atoms with Crippen LogP contribution in [-0.4, -0.2) is 15.2 Å². The predicted octanol–water partition coefficient (Wildman–Crippen LogP) is 2.07. The molecular weight excluding hydrogens is 246 g/mol. The highest BCUT2D eigenvalue weighted by molar-refractivity contribution is 5.82.